The van der Waals surface area contributed by atoms with Crippen molar-refractivity contribution in [2.75, 3.05) is 11.5 Å². The zero-order valence-corrected chi connectivity index (χ0v) is 11.6. The minimum atomic E-state index is -0.281. The molecule has 1 aliphatic rings. The third-order valence-corrected chi connectivity index (χ3v) is 4.35. The van der Waals surface area contributed by atoms with E-state index >= 15 is 0 Å². The first kappa shape index (κ1) is 13.8. The van der Waals surface area contributed by atoms with Crippen molar-refractivity contribution in [3.05, 3.63) is 52.5 Å². The van der Waals surface area contributed by atoms with Gasteiger partial charge in [0.1, 0.15) is 12.0 Å². The second kappa shape index (κ2) is 6.48. The highest BCUT2D eigenvalue weighted by molar-refractivity contribution is 7.99. The van der Waals surface area contributed by atoms with E-state index in [2.05, 4.69) is 11.9 Å². The van der Waals surface area contributed by atoms with Gasteiger partial charge in [-0.25, -0.2) is 0 Å². The van der Waals surface area contributed by atoms with Crippen molar-refractivity contribution in [1.82, 2.24) is 0 Å². The van der Waals surface area contributed by atoms with Crippen LogP contribution in [-0.2, 0) is 4.74 Å². The monoisotopic (exact) mass is 277 g/mol. The molecule has 1 heterocycles. The van der Waals surface area contributed by atoms with Gasteiger partial charge in [0.15, 0.2) is 4.98 Å². The van der Waals surface area contributed by atoms with Crippen LogP contribution in [0.3, 0.4) is 0 Å². The van der Waals surface area contributed by atoms with E-state index < -0.39 is 0 Å². The molecule has 0 aromatic heterocycles. The molecule has 19 heavy (non-hydrogen) atoms. The molecule has 0 amide bonds. The summed E-state index contributed by atoms with van der Waals surface area (Å²) in [6, 6.07) is 9.70. The summed E-state index contributed by atoms with van der Waals surface area (Å²) >= 11 is 1.77. The summed E-state index contributed by atoms with van der Waals surface area (Å²) in [7, 11) is 0. The van der Waals surface area contributed by atoms with Gasteiger partial charge in [-0.15, -0.1) is 0 Å². The van der Waals surface area contributed by atoms with Gasteiger partial charge in [0, 0.05) is 5.75 Å². The Morgan fingerprint density at radius 2 is 2.11 bits per heavy atom. The molecule has 2 atom stereocenters. The number of benzene rings is 1. The summed E-state index contributed by atoms with van der Waals surface area (Å²) in [6.45, 7) is 2.12. The van der Waals surface area contributed by atoms with Crippen molar-refractivity contribution in [2.45, 2.75) is 19.4 Å². The van der Waals surface area contributed by atoms with Crippen LogP contribution < -0.4 is 0 Å². The predicted octanol–water partition coefficient (Wildman–Crippen LogP) is 4.10. The maximum Gasteiger partial charge on any atom is 0.448 e. The van der Waals surface area contributed by atoms with Crippen molar-refractivity contribution in [2.24, 2.45) is 5.92 Å². The highest BCUT2D eigenvalue weighted by atomic mass is 32.2. The lowest BCUT2D eigenvalue weighted by Gasteiger charge is -2.16. The smallest absolute Gasteiger partial charge is 0.448 e. The van der Waals surface area contributed by atoms with E-state index in [1.54, 1.807) is 11.8 Å². The van der Waals surface area contributed by atoms with Gasteiger partial charge in [-0.2, -0.15) is 11.8 Å². The molecule has 1 N–H and O–H groups in total. The van der Waals surface area contributed by atoms with Gasteiger partial charge in [-0.05, 0) is 17.7 Å². The molecule has 0 bridgehead atoms. The fourth-order valence-electron chi connectivity index (χ4n) is 2.15. The number of thioether (sulfide) groups is 1. The maximum absolute atomic E-state index is 9.74. The SMILES string of the molecule is CCCSC[C@H]1C([N+]#N)=C(O)O[C@@H]1c1ccccc1. The van der Waals surface area contributed by atoms with Crippen molar-refractivity contribution < 1.29 is 9.84 Å². The number of hydrogen-bond acceptors (Lipinski definition) is 4. The third kappa shape index (κ3) is 3.02. The Morgan fingerprint density at radius 1 is 1.37 bits per heavy atom. The van der Waals surface area contributed by atoms with Crippen molar-refractivity contribution in [1.29, 1.82) is 5.39 Å². The fraction of sp³-hybridized carbons (Fsp3) is 0.429. The molecular formula is C14H17N2O2S+. The molecule has 100 valence electrons. The van der Waals surface area contributed by atoms with Gasteiger partial charge >= 0.3 is 11.6 Å². The lowest BCUT2D eigenvalue weighted by Crippen LogP contribution is -2.13. The molecule has 0 aliphatic carbocycles. The lowest BCUT2D eigenvalue weighted by atomic mass is 9.96. The number of aliphatic hydroxyl groups is 1. The van der Waals surface area contributed by atoms with Crippen LogP contribution >= 0.6 is 11.8 Å². The van der Waals surface area contributed by atoms with Crippen LogP contribution in [0.5, 0.6) is 0 Å². The second-order valence-electron chi connectivity index (χ2n) is 4.42. The van der Waals surface area contributed by atoms with Gasteiger partial charge in [-0.1, -0.05) is 37.3 Å². The summed E-state index contributed by atoms with van der Waals surface area (Å²) in [5.74, 6) is 1.41. The Labute approximate surface area is 117 Å². The molecule has 1 aliphatic heterocycles. The zero-order valence-electron chi connectivity index (χ0n) is 10.8. The average molecular weight is 277 g/mol. The van der Waals surface area contributed by atoms with Gasteiger partial charge < -0.3 is 9.84 Å². The molecule has 1 aromatic carbocycles. The summed E-state index contributed by atoms with van der Waals surface area (Å²) in [4.78, 5) is 3.20. The lowest BCUT2D eigenvalue weighted by molar-refractivity contribution is 0.0439. The molecular weight excluding hydrogens is 260 g/mol. The standard InChI is InChI=1S/C14H16N2O2S/c1-2-8-19-9-11-12(16-15)14(17)18-13(11)10-6-4-3-5-7-10/h3-7,11,13H,2,8-9H2,1H3/p+1/t11-,13+/m0/s1. The van der Waals surface area contributed by atoms with Crippen molar-refractivity contribution in [3.63, 3.8) is 0 Å². The molecule has 0 unspecified atom stereocenters. The fourth-order valence-corrected chi connectivity index (χ4v) is 3.19. The molecule has 0 saturated heterocycles. The number of nitrogens with zero attached hydrogens (tertiary/aromatic N) is 2. The number of ether oxygens (including phenoxy) is 1. The summed E-state index contributed by atoms with van der Waals surface area (Å²) in [5.41, 5.74) is 1.23. The van der Waals surface area contributed by atoms with Crippen LogP contribution in [0, 0.1) is 11.3 Å². The Morgan fingerprint density at radius 3 is 2.74 bits per heavy atom. The molecule has 0 radical (unpaired) electrons. The number of rotatable bonds is 5. The van der Waals surface area contributed by atoms with Crippen LogP contribution in [0.1, 0.15) is 25.0 Å². The van der Waals surface area contributed by atoms with E-state index in [-0.39, 0.29) is 23.7 Å². The van der Waals surface area contributed by atoms with Gasteiger partial charge in [-0.3, -0.25) is 0 Å². The summed E-state index contributed by atoms with van der Waals surface area (Å²) in [6.07, 6.45) is 0.812. The van der Waals surface area contributed by atoms with Gasteiger partial charge in [0.05, 0.1) is 0 Å². The van der Waals surface area contributed by atoms with E-state index in [0.29, 0.717) is 0 Å². The Balaban J connectivity index is 2.18. The van der Waals surface area contributed by atoms with Crippen molar-refractivity contribution in [3.8, 4) is 0 Å². The summed E-state index contributed by atoms with van der Waals surface area (Å²) < 4.78 is 5.46. The van der Waals surface area contributed by atoms with E-state index in [4.69, 9.17) is 10.1 Å². The van der Waals surface area contributed by atoms with E-state index in [9.17, 15) is 5.11 Å². The normalized spacial score (nSPS) is 22.1. The molecule has 0 spiro atoms. The molecule has 4 nitrogen and oxygen atoms in total. The largest absolute Gasteiger partial charge is 0.475 e. The first-order valence-electron chi connectivity index (χ1n) is 6.35. The number of aliphatic hydroxyl groups excluding tert-OH is 1. The van der Waals surface area contributed by atoms with E-state index in [1.165, 1.54) is 0 Å². The minimum Gasteiger partial charge on any atom is -0.475 e. The highest BCUT2D eigenvalue weighted by Gasteiger charge is 2.47. The zero-order chi connectivity index (χ0) is 13.7. The topological polar surface area (TPSA) is 57.6 Å². The van der Waals surface area contributed by atoms with E-state index in [0.717, 1.165) is 23.5 Å². The van der Waals surface area contributed by atoms with Crippen LogP contribution in [0.4, 0.5) is 0 Å². The Hall–Kier alpha value is -1.67. The van der Waals surface area contributed by atoms with Gasteiger partial charge in [0.25, 0.3) is 0 Å². The number of diazo groups is 1. The van der Waals surface area contributed by atoms with Crippen molar-refractivity contribution >= 4 is 11.8 Å². The predicted molar refractivity (Wildman–Crippen MR) is 76.1 cm³/mol. The summed E-state index contributed by atoms with van der Waals surface area (Å²) in [5, 5.41) is 18.8. The first-order chi connectivity index (χ1) is 9.27. The number of hydrogen-bond donors (Lipinski definition) is 1. The van der Waals surface area contributed by atoms with Crippen LogP contribution in [-0.4, -0.2) is 16.6 Å². The minimum absolute atomic E-state index is 0.121. The molecule has 5 heteroatoms. The van der Waals surface area contributed by atoms with Crippen LogP contribution in [0.2, 0.25) is 0 Å². The van der Waals surface area contributed by atoms with Gasteiger partial charge in [0.2, 0.25) is 5.39 Å². The first-order valence-corrected chi connectivity index (χ1v) is 7.51. The molecule has 2 rings (SSSR count). The molecule has 0 fully saturated rings. The maximum atomic E-state index is 9.74. The van der Waals surface area contributed by atoms with E-state index in [1.807, 2.05) is 30.3 Å². The van der Waals surface area contributed by atoms with Crippen LogP contribution in [0.15, 0.2) is 42.0 Å². The molecule has 1 aromatic rings. The average Bonchev–Trinajstić information content (AvgIpc) is 2.76. The quantitative estimate of drug-likeness (QED) is 0.650. The van der Waals surface area contributed by atoms with Crippen LogP contribution in [0.25, 0.3) is 4.98 Å². The Kier molecular flexibility index (Phi) is 4.69. The highest BCUT2D eigenvalue weighted by Crippen LogP contribution is 2.42. The molecule has 0 saturated carbocycles. The Bertz CT molecular complexity index is 496. The third-order valence-electron chi connectivity index (χ3n) is 3.06. The second-order valence-corrected chi connectivity index (χ2v) is 5.57.